The van der Waals surface area contributed by atoms with Crippen LogP contribution in [0.4, 0.5) is 0 Å². The summed E-state index contributed by atoms with van der Waals surface area (Å²) in [4.78, 5) is 26.8. The van der Waals surface area contributed by atoms with Crippen molar-refractivity contribution in [2.24, 2.45) is 17.8 Å². The molecule has 1 saturated heterocycles. The van der Waals surface area contributed by atoms with Gasteiger partial charge in [-0.25, -0.2) is 10.0 Å². The van der Waals surface area contributed by atoms with Crippen LogP contribution >= 0.6 is 0 Å². The van der Waals surface area contributed by atoms with Gasteiger partial charge in [0.1, 0.15) is 31.0 Å². The summed E-state index contributed by atoms with van der Waals surface area (Å²) in [5.41, 5.74) is 8.33. The number of hydrogen-bond acceptors (Lipinski definition) is 5. The average molecular weight is 692 g/mol. The third-order valence-corrected chi connectivity index (χ3v) is 13.2. The van der Waals surface area contributed by atoms with Crippen molar-refractivity contribution in [2.75, 3.05) is 13.1 Å². The molecule has 1 amide bonds. The number of ether oxygens (including phenoxy) is 2. The maximum Gasteiger partial charge on any atom is 0.308 e. The van der Waals surface area contributed by atoms with Gasteiger partial charge in [-0.1, -0.05) is 79.9 Å². The number of aryl methyl sites for hydroxylation is 2. The molecular formula is C44H55N2O5+. The normalized spacial score (nSPS) is 27.6. The van der Waals surface area contributed by atoms with Gasteiger partial charge in [0.25, 0.3) is 5.91 Å². The van der Waals surface area contributed by atoms with Crippen LogP contribution in [0.5, 0.6) is 17.2 Å². The molecule has 3 aliphatic carbocycles. The lowest BCUT2D eigenvalue weighted by Gasteiger charge is -2.61. The number of phenolic OH excluding ortho intramolecular Hbond substituents is 1. The summed E-state index contributed by atoms with van der Waals surface area (Å²) < 4.78 is 13.0. The molecule has 51 heavy (non-hydrogen) atoms. The molecular weight excluding hydrogens is 636 g/mol. The van der Waals surface area contributed by atoms with Gasteiger partial charge in [0, 0.05) is 54.7 Å². The van der Waals surface area contributed by atoms with E-state index in [1.165, 1.54) is 43.7 Å². The lowest BCUT2D eigenvalue weighted by Crippen LogP contribution is -2.77. The van der Waals surface area contributed by atoms with Crippen LogP contribution in [0.15, 0.2) is 66.7 Å². The molecule has 270 valence electrons. The Bertz CT molecular complexity index is 1720. The number of nitrogens with zero attached hydrogens (tertiary/aromatic N) is 1. The van der Waals surface area contributed by atoms with E-state index in [0.717, 1.165) is 88.4 Å². The third-order valence-electron chi connectivity index (χ3n) is 13.2. The number of esters is 1. The van der Waals surface area contributed by atoms with E-state index in [4.69, 9.17) is 9.47 Å². The lowest BCUT2D eigenvalue weighted by molar-refractivity contribution is -0.995. The fourth-order valence-corrected chi connectivity index (χ4v) is 10.7. The van der Waals surface area contributed by atoms with Crippen LogP contribution < -0.4 is 14.9 Å². The summed E-state index contributed by atoms with van der Waals surface area (Å²) in [5.74, 6) is 1.92. The smallest absolute Gasteiger partial charge is 0.308 e. The minimum atomic E-state index is -0.410. The second kappa shape index (κ2) is 14.3. The first-order valence-electron chi connectivity index (χ1n) is 19.9. The van der Waals surface area contributed by atoms with E-state index in [-0.39, 0.29) is 35.1 Å². The Balaban J connectivity index is 1.04. The number of unbranched alkanes of at least 4 members (excludes halogenated alkanes) is 3. The van der Waals surface area contributed by atoms with Gasteiger partial charge in [0.15, 0.2) is 11.5 Å². The van der Waals surface area contributed by atoms with Gasteiger partial charge in [0.05, 0.1) is 5.41 Å². The van der Waals surface area contributed by atoms with Crippen molar-refractivity contribution in [3.05, 3.63) is 89.0 Å². The average Bonchev–Trinajstić information content (AvgIpc) is 3.88. The molecule has 2 bridgehead atoms. The lowest BCUT2D eigenvalue weighted by atomic mass is 9.51. The van der Waals surface area contributed by atoms with E-state index in [1.807, 2.05) is 0 Å². The number of quaternary nitrogens is 1. The van der Waals surface area contributed by atoms with Crippen molar-refractivity contribution >= 4 is 11.9 Å². The molecule has 0 aromatic heterocycles. The SMILES string of the molecule is CC(=O)Oc1cc(O)c2c3c1O[C@H]1CCC[C@H]4[C@@H](C2)[N+](CC2CC2)(NC(=O)C(CCCCCCc2ccccc2)CCc2ccccc2)CC[C@]314. The standard InChI is InChI=1S/C44H54N2O5/c1-30(47)50-39-28-38(48)35-27-37-36-19-12-20-40-44(36,41(35)42(39)51-40)25-26-46(37,29-33-21-22-33)45-43(49)34(24-23-32-16-9-5-10-17-32)18-11-3-2-6-13-31-14-7-4-8-15-31/h4-5,7-10,14-17,28,33-34,36-37,40H,2-3,6,11-13,18-27,29H2,1H3,(H-,45,48,49)/p+1/t34?,36-,37+,40-,44+,46?/m0/s1. The summed E-state index contributed by atoms with van der Waals surface area (Å²) in [6, 6.07) is 23.1. The number of benzene rings is 3. The Morgan fingerprint density at radius 1 is 0.941 bits per heavy atom. The van der Waals surface area contributed by atoms with Gasteiger partial charge in [-0.3, -0.25) is 9.59 Å². The van der Waals surface area contributed by atoms with Gasteiger partial charge >= 0.3 is 5.97 Å². The molecule has 2 aliphatic heterocycles. The number of rotatable bonds is 15. The Hall–Kier alpha value is -3.84. The van der Waals surface area contributed by atoms with Crippen LogP contribution in [0.3, 0.4) is 0 Å². The number of aromatic hydroxyl groups is 1. The highest BCUT2D eigenvalue weighted by Crippen LogP contribution is 2.66. The van der Waals surface area contributed by atoms with Gasteiger partial charge in [-0.15, -0.1) is 0 Å². The molecule has 3 aromatic rings. The number of carbonyl (C=O) groups excluding carboxylic acids is 2. The zero-order valence-corrected chi connectivity index (χ0v) is 30.3. The number of hydrogen-bond donors (Lipinski definition) is 2. The molecule has 7 nitrogen and oxygen atoms in total. The van der Waals surface area contributed by atoms with Crippen molar-refractivity contribution in [3.63, 3.8) is 0 Å². The Labute approximate surface area is 303 Å². The van der Waals surface area contributed by atoms with Gasteiger partial charge in [0.2, 0.25) is 0 Å². The molecule has 0 radical (unpaired) electrons. The third kappa shape index (κ3) is 6.67. The van der Waals surface area contributed by atoms with Crippen LogP contribution in [-0.2, 0) is 34.3 Å². The molecule has 1 spiro atoms. The minimum absolute atomic E-state index is 0.00301. The van der Waals surface area contributed by atoms with Gasteiger partial charge in [-0.05, 0) is 75.3 Å². The molecule has 2 unspecified atom stereocenters. The molecule has 8 rings (SSSR count). The van der Waals surface area contributed by atoms with Crippen LogP contribution in [0.2, 0.25) is 0 Å². The number of phenols is 1. The van der Waals surface area contributed by atoms with E-state index in [9.17, 15) is 14.7 Å². The highest BCUT2D eigenvalue weighted by molar-refractivity contribution is 5.77. The fourth-order valence-electron chi connectivity index (χ4n) is 10.7. The second-order valence-electron chi connectivity index (χ2n) is 16.4. The predicted octanol–water partition coefficient (Wildman–Crippen LogP) is 8.15. The molecule has 2 heterocycles. The van der Waals surface area contributed by atoms with Crippen molar-refractivity contribution in [1.82, 2.24) is 5.43 Å². The quantitative estimate of drug-likeness (QED) is 0.0728. The molecule has 5 aliphatic rings. The van der Waals surface area contributed by atoms with E-state index >= 15 is 0 Å². The minimum Gasteiger partial charge on any atom is -0.508 e. The first-order valence-corrected chi connectivity index (χ1v) is 19.9. The summed E-state index contributed by atoms with van der Waals surface area (Å²) in [6.45, 7) is 3.23. The van der Waals surface area contributed by atoms with E-state index in [2.05, 4.69) is 66.1 Å². The molecule has 6 atom stereocenters. The highest BCUT2D eigenvalue weighted by atomic mass is 16.6. The van der Waals surface area contributed by atoms with Crippen LogP contribution in [-0.4, -0.2) is 46.8 Å². The summed E-state index contributed by atoms with van der Waals surface area (Å²) in [6.07, 6.45) is 15.5. The summed E-state index contributed by atoms with van der Waals surface area (Å²) in [5, 5.41) is 11.5. The molecule has 2 saturated carbocycles. The maximum atomic E-state index is 14.7. The first-order chi connectivity index (χ1) is 24.9. The fraction of sp³-hybridized carbons (Fsp3) is 0.545. The van der Waals surface area contributed by atoms with E-state index in [1.54, 1.807) is 6.07 Å². The van der Waals surface area contributed by atoms with Crippen LogP contribution in [0, 0.1) is 17.8 Å². The molecule has 7 heteroatoms. The van der Waals surface area contributed by atoms with Crippen molar-refractivity contribution in [2.45, 2.75) is 121 Å². The van der Waals surface area contributed by atoms with Crippen molar-refractivity contribution in [1.29, 1.82) is 0 Å². The predicted molar refractivity (Wildman–Crippen MR) is 197 cm³/mol. The number of amides is 1. The van der Waals surface area contributed by atoms with E-state index in [0.29, 0.717) is 34.3 Å². The van der Waals surface area contributed by atoms with Crippen LogP contribution in [0.25, 0.3) is 0 Å². The van der Waals surface area contributed by atoms with Crippen molar-refractivity contribution < 1.29 is 28.8 Å². The van der Waals surface area contributed by atoms with Gasteiger partial charge in [-0.2, -0.15) is 0 Å². The van der Waals surface area contributed by atoms with Crippen molar-refractivity contribution in [3.8, 4) is 17.2 Å². The monoisotopic (exact) mass is 691 g/mol. The number of piperidine rings is 1. The Morgan fingerprint density at radius 3 is 2.39 bits per heavy atom. The first kappa shape index (κ1) is 34.3. The Kier molecular flexibility index (Phi) is 9.60. The topological polar surface area (TPSA) is 84.9 Å². The summed E-state index contributed by atoms with van der Waals surface area (Å²) >= 11 is 0. The Morgan fingerprint density at radius 2 is 1.67 bits per heavy atom. The maximum absolute atomic E-state index is 14.7. The van der Waals surface area contributed by atoms with Gasteiger partial charge < -0.3 is 14.6 Å². The number of nitrogens with one attached hydrogen (secondary N) is 1. The zero-order valence-electron chi connectivity index (χ0n) is 30.3. The molecule has 2 N–H and O–H groups in total. The number of carbonyl (C=O) groups is 2. The molecule has 3 aromatic carbocycles. The zero-order chi connectivity index (χ0) is 35.0. The second-order valence-corrected chi connectivity index (χ2v) is 16.4. The summed E-state index contributed by atoms with van der Waals surface area (Å²) in [7, 11) is 0. The number of likely N-dealkylation sites (tertiary alicyclic amines) is 1. The largest absolute Gasteiger partial charge is 0.508 e. The molecule has 3 fully saturated rings. The van der Waals surface area contributed by atoms with E-state index < -0.39 is 5.97 Å². The van der Waals surface area contributed by atoms with Crippen LogP contribution in [0.1, 0.15) is 106 Å². The highest BCUT2D eigenvalue weighted by Gasteiger charge is 2.69.